The number of aromatic nitrogens is 2. The molecular formula is C12H15N3O. The van der Waals surface area contributed by atoms with Gasteiger partial charge in [-0.3, -0.25) is 4.68 Å². The molecule has 2 aromatic rings. The molecule has 1 atom stereocenters. The Morgan fingerprint density at radius 1 is 1.50 bits per heavy atom. The lowest BCUT2D eigenvalue weighted by Crippen LogP contribution is -2.26. The summed E-state index contributed by atoms with van der Waals surface area (Å²) in [6.07, 6.45) is 9.92. The average Bonchev–Trinajstić information content (AvgIpc) is 2.99. The third-order valence-electron chi connectivity index (χ3n) is 3.06. The summed E-state index contributed by atoms with van der Waals surface area (Å²) in [7, 11) is 0. The molecule has 4 nitrogen and oxygen atoms in total. The molecule has 4 heteroatoms. The van der Waals surface area contributed by atoms with Gasteiger partial charge in [0.1, 0.15) is 0 Å². The number of nitrogens with zero attached hydrogens (tertiary/aromatic N) is 2. The molecule has 0 bridgehead atoms. The lowest BCUT2D eigenvalue weighted by molar-refractivity contribution is 0.476. The Morgan fingerprint density at radius 2 is 2.50 bits per heavy atom. The second kappa shape index (κ2) is 4.14. The van der Waals surface area contributed by atoms with Crippen LogP contribution in [-0.2, 0) is 6.54 Å². The standard InChI is InChI=1S/C12H15N3O/c1-2-12(13-4-1)8-15-7-11(6-14-15)10-3-5-16-9-10/h3,5-7,9,12-13H,1-2,4,8H2. The van der Waals surface area contributed by atoms with Crippen molar-refractivity contribution in [2.24, 2.45) is 0 Å². The maximum absolute atomic E-state index is 5.06. The van der Waals surface area contributed by atoms with Crippen molar-refractivity contribution < 1.29 is 4.42 Å². The van der Waals surface area contributed by atoms with E-state index in [0.717, 1.165) is 24.2 Å². The summed E-state index contributed by atoms with van der Waals surface area (Å²) in [5, 5.41) is 7.84. The third kappa shape index (κ3) is 1.88. The molecule has 0 aromatic carbocycles. The van der Waals surface area contributed by atoms with Crippen molar-refractivity contribution in [3.63, 3.8) is 0 Å². The monoisotopic (exact) mass is 217 g/mol. The first kappa shape index (κ1) is 9.66. The molecule has 0 spiro atoms. The lowest BCUT2D eigenvalue weighted by atomic mass is 10.2. The van der Waals surface area contributed by atoms with Gasteiger partial charge >= 0.3 is 0 Å². The first-order valence-corrected chi connectivity index (χ1v) is 5.70. The van der Waals surface area contributed by atoms with E-state index < -0.39 is 0 Å². The summed E-state index contributed by atoms with van der Waals surface area (Å²) in [4.78, 5) is 0. The molecule has 1 aliphatic heterocycles. The number of hydrogen-bond donors (Lipinski definition) is 1. The van der Waals surface area contributed by atoms with Crippen LogP contribution in [0.4, 0.5) is 0 Å². The largest absolute Gasteiger partial charge is 0.472 e. The molecule has 16 heavy (non-hydrogen) atoms. The molecule has 1 unspecified atom stereocenters. The van der Waals surface area contributed by atoms with E-state index in [4.69, 9.17) is 4.42 Å². The van der Waals surface area contributed by atoms with Crippen molar-refractivity contribution in [2.75, 3.05) is 6.54 Å². The van der Waals surface area contributed by atoms with Crippen LogP contribution in [0.3, 0.4) is 0 Å². The lowest BCUT2D eigenvalue weighted by Gasteiger charge is -2.09. The zero-order chi connectivity index (χ0) is 10.8. The molecule has 1 fully saturated rings. The van der Waals surface area contributed by atoms with Gasteiger partial charge in [0.05, 0.1) is 25.3 Å². The van der Waals surface area contributed by atoms with Crippen molar-refractivity contribution in [3.05, 3.63) is 31.0 Å². The Balaban J connectivity index is 1.72. The summed E-state index contributed by atoms with van der Waals surface area (Å²) in [6.45, 7) is 2.10. The van der Waals surface area contributed by atoms with Crippen LogP contribution in [0.2, 0.25) is 0 Å². The van der Waals surface area contributed by atoms with Crippen LogP contribution >= 0.6 is 0 Å². The molecule has 0 amide bonds. The van der Waals surface area contributed by atoms with Crippen LogP contribution < -0.4 is 5.32 Å². The number of rotatable bonds is 3. The Hall–Kier alpha value is -1.55. The van der Waals surface area contributed by atoms with E-state index in [1.165, 1.54) is 12.8 Å². The van der Waals surface area contributed by atoms with Crippen molar-refractivity contribution in [3.8, 4) is 11.1 Å². The van der Waals surface area contributed by atoms with Gasteiger partial charge in [-0.25, -0.2) is 0 Å². The quantitative estimate of drug-likeness (QED) is 0.853. The summed E-state index contributed by atoms with van der Waals surface area (Å²) >= 11 is 0. The first-order chi connectivity index (χ1) is 7.92. The van der Waals surface area contributed by atoms with Gasteiger partial charge < -0.3 is 9.73 Å². The molecule has 84 valence electrons. The van der Waals surface area contributed by atoms with Crippen LogP contribution in [0, 0.1) is 0 Å². The fraction of sp³-hybridized carbons (Fsp3) is 0.417. The minimum Gasteiger partial charge on any atom is -0.472 e. The molecule has 1 aliphatic rings. The second-order valence-corrected chi connectivity index (χ2v) is 4.26. The zero-order valence-electron chi connectivity index (χ0n) is 9.10. The molecule has 0 saturated carbocycles. The molecule has 2 aromatic heterocycles. The minimum absolute atomic E-state index is 0.581. The van der Waals surface area contributed by atoms with Crippen LogP contribution in [0.25, 0.3) is 11.1 Å². The number of furan rings is 1. The van der Waals surface area contributed by atoms with Crippen LogP contribution in [0.5, 0.6) is 0 Å². The van der Waals surface area contributed by atoms with Crippen molar-refractivity contribution >= 4 is 0 Å². The Morgan fingerprint density at radius 3 is 3.25 bits per heavy atom. The predicted octanol–water partition coefficient (Wildman–Crippen LogP) is 1.90. The topological polar surface area (TPSA) is 43.0 Å². The van der Waals surface area contributed by atoms with E-state index in [-0.39, 0.29) is 0 Å². The highest BCUT2D eigenvalue weighted by atomic mass is 16.3. The fourth-order valence-corrected chi connectivity index (χ4v) is 2.18. The highest BCUT2D eigenvalue weighted by molar-refractivity contribution is 5.59. The van der Waals surface area contributed by atoms with Gasteiger partial charge in [0.15, 0.2) is 0 Å². The Labute approximate surface area is 94.3 Å². The Bertz CT molecular complexity index is 441. The highest BCUT2D eigenvalue weighted by Crippen LogP contribution is 2.19. The van der Waals surface area contributed by atoms with Crippen LogP contribution in [0.15, 0.2) is 35.4 Å². The highest BCUT2D eigenvalue weighted by Gasteiger charge is 2.14. The third-order valence-corrected chi connectivity index (χ3v) is 3.06. The minimum atomic E-state index is 0.581. The van der Waals surface area contributed by atoms with Crippen molar-refractivity contribution in [1.82, 2.24) is 15.1 Å². The van der Waals surface area contributed by atoms with E-state index in [2.05, 4.69) is 16.6 Å². The fourth-order valence-electron chi connectivity index (χ4n) is 2.18. The van der Waals surface area contributed by atoms with Crippen molar-refractivity contribution in [2.45, 2.75) is 25.4 Å². The summed E-state index contributed by atoms with van der Waals surface area (Å²) in [5.41, 5.74) is 2.21. The van der Waals surface area contributed by atoms with Crippen LogP contribution in [-0.4, -0.2) is 22.4 Å². The predicted molar refractivity (Wildman–Crippen MR) is 61.0 cm³/mol. The molecular weight excluding hydrogens is 202 g/mol. The molecule has 0 aliphatic carbocycles. The van der Waals surface area contributed by atoms with Gasteiger partial charge in [0, 0.05) is 23.4 Å². The second-order valence-electron chi connectivity index (χ2n) is 4.26. The van der Waals surface area contributed by atoms with E-state index in [1.54, 1.807) is 12.5 Å². The first-order valence-electron chi connectivity index (χ1n) is 5.70. The van der Waals surface area contributed by atoms with Gasteiger partial charge in [-0.15, -0.1) is 0 Å². The van der Waals surface area contributed by atoms with Gasteiger partial charge in [-0.2, -0.15) is 5.10 Å². The molecule has 0 radical (unpaired) electrons. The van der Waals surface area contributed by atoms with Gasteiger partial charge in [0.25, 0.3) is 0 Å². The normalized spacial score (nSPS) is 20.4. The average molecular weight is 217 g/mol. The summed E-state index contributed by atoms with van der Waals surface area (Å²) < 4.78 is 7.07. The Kier molecular flexibility index (Phi) is 2.50. The summed E-state index contributed by atoms with van der Waals surface area (Å²) in [6, 6.07) is 2.53. The summed E-state index contributed by atoms with van der Waals surface area (Å²) in [5.74, 6) is 0. The van der Waals surface area contributed by atoms with Crippen LogP contribution in [0.1, 0.15) is 12.8 Å². The SMILES string of the molecule is c1cc(-c2cnn(CC3CCCN3)c2)co1. The van der Waals surface area contributed by atoms with Crippen molar-refractivity contribution in [1.29, 1.82) is 0 Å². The maximum Gasteiger partial charge on any atom is 0.0982 e. The zero-order valence-corrected chi connectivity index (χ0v) is 9.10. The van der Waals surface area contributed by atoms with E-state index in [1.807, 2.05) is 16.9 Å². The van der Waals surface area contributed by atoms with Gasteiger partial charge in [-0.05, 0) is 25.5 Å². The maximum atomic E-state index is 5.06. The van der Waals surface area contributed by atoms with E-state index >= 15 is 0 Å². The molecule has 1 saturated heterocycles. The van der Waals surface area contributed by atoms with E-state index in [0.29, 0.717) is 6.04 Å². The van der Waals surface area contributed by atoms with E-state index in [9.17, 15) is 0 Å². The van der Waals surface area contributed by atoms with Gasteiger partial charge in [0.2, 0.25) is 0 Å². The molecule has 3 heterocycles. The number of nitrogens with one attached hydrogen (secondary N) is 1. The molecule has 3 rings (SSSR count). The molecule has 1 N–H and O–H groups in total. The smallest absolute Gasteiger partial charge is 0.0982 e. The number of hydrogen-bond acceptors (Lipinski definition) is 3. The van der Waals surface area contributed by atoms with Gasteiger partial charge in [-0.1, -0.05) is 0 Å².